The van der Waals surface area contributed by atoms with Gasteiger partial charge in [0.15, 0.2) is 0 Å². The van der Waals surface area contributed by atoms with Crippen molar-refractivity contribution in [3.8, 4) is 11.4 Å². The summed E-state index contributed by atoms with van der Waals surface area (Å²) in [6, 6.07) is 33.8. The third kappa shape index (κ3) is 5.41. The molecule has 0 radical (unpaired) electrons. The summed E-state index contributed by atoms with van der Waals surface area (Å²) < 4.78 is 9.94. The van der Waals surface area contributed by atoms with Crippen molar-refractivity contribution in [2.45, 2.75) is 0 Å². The molecule has 0 bridgehead atoms. The van der Waals surface area contributed by atoms with Crippen molar-refractivity contribution in [3.63, 3.8) is 0 Å². The molecule has 12 nitrogen and oxygen atoms in total. The van der Waals surface area contributed by atoms with E-state index in [0.717, 1.165) is 55.0 Å². The minimum Gasteiger partial charge on any atom is -0.496 e. The van der Waals surface area contributed by atoms with Crippen molar-refractivity contribution >= 4 is 43.6 Å². The molecule has 6 aromatic rings. The molecular formula is C28H22N4O8. The fourth-order valence-corrected chi connectivity index (χ4v) is 4.75. The first-order valence-electron chi connectivity index (χ1n) is 11.7. The number of aromatic nitrogens is 2. The molecule has 0 N–H and O–H groups in total. The molecule has 2 heterocycles. The van der Waals surface area contributed by atoms with Crippen molar-refractivity contribution in [1.82, 2.24) is 0 Å². The summed E-state index contributed by atoms with van der Waals surface area (Å²) in [6.07, 6.45) is 0. The van der Waals surface area contributed by atoms with Crippen molar-refractivity contribution < 1.29 is 29.0 Å². The average Bonchev–Trinajstić information content (AvgIpc) is 2.93. The fourth-order valence-electron chi connectivity index (χ4n) is 4.75. The van der Waals surface area contributed by atoms with Gasteiger partial charge in [0, 0.05) is 40.4 Å². The highest BCUT2D eigenvalue weighted by Crippen LogP contribution is 2.29. The molecule has 12 heteroatoms. The first kappa shape index (κ1) is 27.3. The maximum absolute atomic E-state index is 8.25. The molecule has 0 saturated heterocycles. The van der Waals surface area contributed by atoms with Crippen LogP contribution in [-0.4, -0.2) is 24.4 Å². The lowest BCUT2D eigenvalue weighted by Crippen LogP contribution is -2.42. The Balaban J connectivity index is 0.000000412. The molecule has 0 aliphatic heterocycles. The number of para-hydroxylation sites is 2. The highest BCUT2D eigenvalue weighted by atomic mass is 16.9. The Hall–Kier alpha value is -5.78. The standard InChI is InChI=1S/C28H22N2O2.2NO3/c1-31-28-16-8-14-26-22(28)18-19-9-3-5-11-23(19)29(26)25-13-7-15-27-21(25)17-20-10-4-6-12-24(20)30(27)32-2;2*2-1(3)4/h3-18H,1-2H3;;/q+2;2*-1. The smallest absolute Gasteiger partial charge is 0.272 e. The van der Waals surface area contributed by atoms with Crippen LogP contribution in [0.15, 0.2) is 97.1 Å². The minimum atomic E-state index is -1.75. The van der Waals surface area contributed by atoms with E-state index in [0.29, 0.717) is 0 Å². The highest BCUT2D eigenvalue weighted by Gasteiger charge is 2.26. The molecule has 0 atom stereocenters. The highest BCUT2D eigenvalue weighted by molar-refractivity contribution is 5.96. The first-order valence-corrected chi connectivity index (χ1v) is 11.7. The van der Waals surface area contributed by atoms with Crippen LogP contribution in [0.5, 0.6) is 5.75 Å². The van der Waals surface area contributed by atoms with E-state index in [-0.39, 0.29) is 0 Å². The summed E-state index contributed by atoms with van der Waals surface area (Å²) in [7, 11) is 3.43. The van der Waals surface area contributed by atoms with Gasteiger partial charge in [-0.15, -0.1) is 0 Å². The van der Waals surface area contributed by atoms with Crippen molar-refractivity contribution in [2.75, 3.05) is 14.2 Å². The van der Waals surface area contributed by atoms with Crippen LogP contribution in [-0.2, 0) is 0 Å². The molecule has 2 aromatic heterocycles. The van der Waals surface area contributed by atoms with Gasteiger partial charge in [-0.1, -0.05) is 30.3 Å². The number of hydrogen-bond donors (Lipinski definition) is 0. The van der Waals surface area contributed by atoms with Crippen LogP contribution in [0.25, 0.3) is 49.3 Å². The Morgan fingerprint density at radius 3 is 1.73 bits per heavy atom. The lowest BCUT2D eigenvalue weighted by atomic mass is 10.1. The maximum Gasteiger partial charge on any atom is 0.272 e. The van der Waals surface area contributed by atoms with E-state index in [9.17, 15) is 0 Å². The third-order valence-electron chi connectivity index (χ3n) is 6.14. The molecule has 0 amide bonds. The molecule has 6 rings (SSSR count). The van der Waals surface area contributed by atoms with E-state index in [1.165, 1.54) is 0 Å². The number of benzene rings is 4. The Bertz CT molecular complexity index is 1860. The normalized spacial score (nSPS) is 10.3. The van der Waals surface area contributed by atoms with Crippen LogP contribution in [0.1, 0.15) is 0 Å². The summed E-state index contributed by atoms with van der Waals surface area (Å²) in [5.41, 5.74) is 5.37. The van der Waals surface area contributed by atoms with Gasteiger partial charge >= 0.3 is 0 Å². The minimum absolute atomic E-state index is 0.861. The van der Waals surface area contributed by atoms with Crippen LogP contribution in [0.3, 0.4) is 0 Å². The van der Waals surface area contributed by atoms with Gasteiger partial charge in [-0.3, -0.25) is 4.84 Å². The van der Waals surface area contributed by atoms with Gasteiger partial charge in [-0.2, -0.15) is 4.57 Å². The molecule has 0 aliphatic carbocycles. The van der Waals surface area contributed by atoms with Gasteiger partial charge in [-0.25, -0.2) is 0 Å². The Morgan fingerprint density at radius 2 is 1.10 bits per heavy atom. The number of rotatable bonds is 3. The second kappa shape index (κ2) is 11.7. The van der Waals surface area contributed by atoms with Crippen LogP contribution < -0.4 is 18.9 Å². The molecular weight excluding hydrogens is 520 g/mol. The number of ether oxygens (including phenoxy) is 1. The monoisotopic (exact) mass is 542 g/mol. The number of hydrogen-bond acceptors (Lipinski definition) is 8. The molecule has 0 aliphatic rings. The zero-order chi connectivity index (χ0) is 28.8. The molecule has 0 fully saturated rings. The SMILES string of the molecule is COc1cccc2c1cc1ccccc1[n+]2-c1cccc2c1cc1ccccc1[n+]2OC.O=[N+]([O-])[O-].O=[N+]([O-])[O-]. The van der Waals surface area contributed by atoms with E-state index in [2.05, 4.69) is 83.4 Å². The van der Waals surface area contributed by atoms with Crippen LogP contribution >= 0.6 is 0 Å². The third-order valence-corrected chi connectivity index (χ3v) is 6.14. The first-order chi connectivity index (χ1) is 19.3. The number of pyridine rings is 2. The Kier molecular flexibility index (Phi) is 7.99. The molecule has 0 spiro atoms. The molecule has 202 valence electrons. The van der Waals surface area contributed by atoms with Gasteiger partial charge in [-0.05, 0) is 36.4 Å². The molecule has 0 saturated carbocycles. The Labute approximate surface area is 226 Å². The van der Waals surface area contributed by atoms with Crippen molar-refractivity contribution in [2.24, 2.45) is 0 Å². The van der Waals surface area contributed by atoms with E-state index in [4.69, 9.17) is 40.2 Å². The zero-order valence-electron chi connectivity index (χ0n) is 21.3. The second-order valence-corrected chi connectivity index (χ2v) is 8.27. The van der Waals surface area contributed by atoms with E-state index < -0.39 is 10.2 Å². The number of nitrogens with zero attached hydrogens (tertiary/aromatic N) is 4. The van der Waals surface area contributed by atoms with Crippen LogP contribution in [0.2, 0.25) is 0 Å². The summed E-state index contributed by atoms with van der Waals surface area (Å²) >= 11 is 0. The fraction of sp³-hybridized carbons (Fsp3) is 0.0714. The second-order valence-electron chi connectivity index (χ2n) is 8.27. The van der Waals surface area contributed by atoms with Crippen molar-refractivity contribution in [3.05, 3.63) is 128 Å². The predicted octanol–water partition coefficient (Wildman–Crippen LogP) is 4.45. The summed E-state index contributed by atoms with van der Waals surface area (Å²) in [6.45, 7) is 0. The van der Waals surface area contributed by atoms with Gasteiger partial charge in [0.1, 0.15) is 18.2 Å². The molecule has 40 heavy (non-hydrogen) atoms. The lowest BCUT2D eigenvalue weighted by Gasteiger charge is -2.10. The van der Waals surface area contributed by atoms with E-state index in [1.54, 1.807) is 14.2 Å². The van der Waals surface area contributed by atoms with Gasteiger partial charge in [0.2, 0.25) is 16.7 Å². The predicted molar refractivity (Wildman–Crippen MR) is 148 cm³/mol. The van der Waals surface area contributed by atoms with Crippen LogP contribution in [0.4, 0.5) is 0 Å². The van der Waals surface area contributed by atoms with Crippen molar-refractivity contribution in [1.29, 1.82) is 0 Å². The Morgan fingerprint density at radius 1 is 0.600 bits per heavy atom. The topological polar surface area (TPSA) is 159 Å². The molecule has 0 unspecified atom stereocenters. The lowest BCUT2D eigenvalue weighted by molar-refractivity contribution is -0.844. The van der Waals surface area contributed by atoms with Gasteiger partial charge in [0.05, 0.1) is 28.1 Å². The number of fused-ring (bicyclic) bond motifs is 4. The summed E-state index contributed by atoms with van der Waals surface area (Å²) in [4.78, 5) is 22.3. The zero-order valence-corrected chi connectivity index (χ0v) is 21.3. The van der Waals surface area contributed by atoms with Gasteiger partial charge < -0.3 is 35.4 Å². The summed E-state index contributed by atoms with van der Waals surface area (Å²) in [5, 5.41) is 34.0. The average molecular weight is 543 g/mol. The summed E-state index contributed by atoms with van der Waals surface area (Å²) in [5.74, 6) is 0.861. The van der Waals surface area contributed by atoms with E-state index >= 15 is 0 Å². The van der Waals surface area contributed by atoms with Crippen LogP contribution in [0, 0.1) is 30.6 Å². The van der Waals surface area contributed by atoms with E-state index in [1.807, 2.05) is 22.9 Å². The van der Waals surface area contributed by atoms with Gasteiger partial charge in [0.25, 0.3) is 11.0 Å². The quantitative estimate of drug-likeness (QED) is 0.137. The maximum atomic E-state index is 8.25. The largest absolute Gasteiger partial charge is 0.496 e. The number of methoxy groups -OCH3 is 1. The molecule has 4 aromatic carbocycles.